The number of ether oxygens (including phenoxy) is 2. The molecule has 4 heteroatoms. The fourth-order valence-corrected chi connectivity index (χ4v) is 2.76. The van der Waals surface area contributed by atoms with E-state index in [-0.39, 0.29) is 0 Å². The molecule has 0 bridgehead atoms. The molecule has 1 heterocycles. The standard InChI is InChI=1S/C16H24ClNO2/c1-13-11-15(12-14(2)16(13)17)20-10-9-19-8-7-18-5-3-4-6-18/h11-12H,3-10H2,1-2H3/p+1. The van der Waals surface area contributed by atoms with Gasteiger partial charge in [-0.3, -0.25) is 0 Å². The Morgan fingerprint density at radius 2 is 1.70 bits per heavy atom. The number of benzene rings is 1. The summed E-state index contributed by atoms with van der Waals surface area (Å²) in [6.07, 6.45) is 2.74. The van der Waals surface area contributed by atoms with Gasteiger partial charge in [0, 0.05) is 17.9 Å². The quantitative estimate of drug-likeness (QED) is 0.779. The van der Waals surface area contributed by atoms with Crippen molar-refractivity contribution in [1.82, 2.24) is 0 Å². The summed E-state index contributed by atoms with van der Waals surface area (Å²) in [7, 11) is 0. The van der Waals surface area contributed by atoms with Crippen molar-refractivity contribution < 1.29 is 14.4 Å². The van der Waals surface area contributed by atoms with Crippen molar-refractivity contribution in [3.63, 3.8) is 0 Å². The van der Waals surface area contributed by atoms with Gasteiger partial charge in [0.2, 0.25) is 0 Å². The zero-order chi connectivity index (χ0) is 14.4. The number of rotatable bonds is 7. The van der Waals surface area contributed by atoms with Gasteiger partial charge in [-0.05, 0) is 37.1 Å². The van der Waals surface area contributed by atoms with Gasteiger partial charge in [0.1, 0.15) is 18.9 Å². The van der Waals surface area contributed by atoms with Crippen LogP contribution >= 0.6 is 11.6 Å². The second kappa shape index (κ2) is 7.87. The minimum Gasteiger partial charge on any atom is -0.491 e. The molecule has 2 rings (SSSR count). The van der Waals surface area contributed by atoms with Crippen LogP contribution in [0.2, 0.25) is 5.02 Å². The molecule has 0 aliphatic carbocycles. The maximum absolute atomic E-state index is 6.13. The Morgan fingerprint density at radius 1 is 1.05 bits per heavy atom. The Bertz CT molecular complexity index is 407. The first-order valence-corrected chi connectivity index (χ1v) is 7.85. The van der Waals surface area contributed by atoms with Gasteiger partial charge in [-0.1, -0.05) is 11.6 Å². The molecule has 112 valence electrons. The Morgan fingerprint density at radius 3 is 2.35 bits per heavy atom. The predicted molar refractivity (Wildman–Crippen MR) is 82.0 cm³/mol. The molecule has 1 aliphatic rings. The smallest absolute Gasteiger partial charge is 0.120 e. The summed E-state index contributed by atoms with van der Waals surface area (Å²) in [5.41, 5.74) is 2.11. The van der Waals surface area contributed by atoms with Crippen LogP contribution in [-0.2, 0) is 4.74 Å². The minimum atomic E-state index is 0.593. The van der Waals surface area contributed by atoms with E-state index in [0.29, 0.717) is 13.2 Å². The van der Waals surface area contributed by atoms with Gasteiger partial charge in [-0.15, -0.1) is 0 Å². The summed E-state index contributed by atoms with van der Waals surface area (Å²) in [6, 6.07) is 3.95. The predicted octanol–water partition coefficient (Wildman–Crippen LogP) is 2.03. The highest BCUT2D eigenvalue weighted by atomic mass is 35.5. The first kappa shape index (κ1) is 15.6. The van der Waals surface area contributed by atoms with Crippen LogP contribution < -0.4 is 9.64 Å². The lowest BCUT2D eigenvalue weighted by molar-refractivity contribution is -0.887. The molecule has 0 radical (unpaired) electrons. The highest BCUT2D eigenvalue weighted by Gasteiger charge is 2.14. The van der Waals surface area contributed by atoms with E-state index in [0.717, 1.165) is 35.1 Å². The molecule has 1 saturated heterocycles. The minimum absolute atomic E-state index is 0.593. The molecule has 0 saturated carbocycles. The lowest BCUT2D eigenvalue weighted by atomic mass is 10.1. The van der Waals surface area contributed by atoms with Gasteiger partial charge >= 0.3 is 0 Å². The molecule has 0 atom stereocenters. The van der Waals surface area contributed by atoms with Crippen molar-refractivity contribution in [2.75, 3.05) is 39.5 Å². The lowest BCUT2D eigenvalue weighted by Crippen LogP contribution is -3.10. The number of hydrogen-bond donors (Lipinski definition) is 1. The number of aryl methyl sites for hydroxylation is 2. The second-order valence-electron chi connectivity index (χ2n) is 5.54. The Hall–Kier alpha value is -0.770. The van der Waals surface area contributed by atoms with Gasteiger partial charge in [-0.25, -0.2) is 0 Å². The molecule has 1 aromatic carbocycles. The Balaban J connectivity index is 1.61. The number of halogens is 1. The maximum Gasteiger partial charge on any atom is 0.120 e. The van der Waals surface area contributed by atoms with Gasteiger partial charge in [-0.2, -0.15) is 0 Å². The molecule has 0 amide bonds. The summed E-state index contributed by atoms with van der Waals surface area (Å²) < 4.78 is 11.3. The first-order valence-electron chi connectivity index (χ1n) is 7.47. The maximum atomic E-state index is 6.13. The average molecular weight is 299 g/mol. The van der Waals surface area contributed by atoms with E-state index in [1.54, 1.807) is 4.90 Å². The molecular weight excluding hydrogens is 274 g/mol. The Labute approximate surface area is 126 Å². The fraction of sp³-hybridized carbons (Fsp3) is 0.625. The normalized spacial score (nSPS) is 15.8. The van der Waals surface area contributed by atoms with Crippen LogP contribution in [-0.4, -0.2) is 39.5 Å². The zero-order valence-corrected chi connectivity index (χ0v) is 13.3. The van der Waals surface area contributed by atoms with Crippen LogP contribution in [0.1, 0.15) is 24.0 Å². The largest absolute Gasteiger partial charge is 0.491 e. The summed E-state index contributed by atoms with van der Waals surface area (Å²) in [5, 5.41) is 0.821. The second-order valence-corrected chi connectivity index (χ2v) is 5.92. The van der Waals surface area contributed by atoms with Gasteiger partial charge in [0.25, 0.3) is 0 Å². The Kier molecular flexibility index (Phi) is 6.14. The molecule has 0 spiro atoms. The van der Waals surface area contributed by atoms with Crippen molar-refractivity contribution in [1.29, 1.82) is 0 Å². The molecule has 1 aromatic rings. The van der Waals surface area contributed by atoms with Crippen molar-refractivity contribution in [2.24, 2.45) is 0 Å². The number of hydrogen-bond acceptors (Lipinski definition) is 2. The number of quaternary nitrogens is 1. The van der Waals surface area contributed by atoms with Gasteiger partial charge < -0.3 is 14.4 Å². The molecule has 0 aromatic heterocycles. The molecule has 0 unspecified atom stereocenters. The van der Waals surface area contributed by atoms with E-state index in [2.05, 4.69) is 0 Å². The zero-order valence-electron chi connectivity index (χ0n) is 12.5. The van der Waals surface area contributed by atoms with E-state index >= 15 is 0 Å². The fourth-order valence-electron chi connectivity index (χ4n) is 2.65. The van der Waals surface area contributed by atoms with E-state index in [1.165, 1.54) is 25.9 Å². The van der Waals surface area contributed by atoms with Crippen LogP contribution in [0, 0.1) is 13.8 Å². The molecule has 3 nitrogen and oxygen atoms in total. The highest BCUT2D eigenvalue weighted by molar-refractivity contribution is 6.32. The molecule has 20 heavy (non-hydrogen) atoms. The molecule has 1 N–H and O–H groups in total. The summed E-state index contributed by atoms with van der Waals surface area (Å²) in [6.45, 7) is 9.81. The van der Waals surface area contributed by atoms with E-state index in [1.807, 2.05) is 26.0 Å². The first-order chi connectivity index (χ1) is 9.66. The van der Waals surface area contributed by atoms with Crippen LogP contribution in [0.4, 0.5) is 0 Å². The van der Waals surface area contributed by atoms with Crippen LogP contribution in [0.3, 0.4) is 0 Å². The van der Waals surface area contributed by atoms with Crippen LogP contribution in [0.15, 0.2) is 12.1 Å². The average Bonchev–Trinajstić information content (AvgIpc) is 2.93. The lowest BCUT2D eigenvalue weighted by Gasteiger charge is -2.13. The number of nitrogens with one attached hydrogen (secondary N) is 1. The molecular formula is C16H25ClNO2+. The monoisotopic (exact) mass is 298 g/mol. The van der Waals surface area contributed by atoms with Crippen LogP contribution in [0.25, 0.3) is 0 Å². The van der Waals surface area contributed by atoms with E-state index < -0.39 is 0 Å². The third-order valence-electron chi connectivity index (χ3n) is 3.82. The van der Waals surface area contributed by atoms with Crippen molar-refractivity contribution >= 4 is 11.6 Å². The van der Waals surface area contributed by atoms with E-state index in [4.69, 9.17) is 21.1 Å². The SMILES string of the molecule is Cc1cc(OCCOCC[NH+]2CCCC2)cc(C)c1Cl. The molecule has 1 aliphatic heterocycles. The number of likely N-dealkylation sites (tertiary alicyclic amines) is 1. The van der Waals surface area contributed by atoms with Gasteiger partial charge in [0.05, 0.1) is 26.3 Å². The summed E-state index contributed by atoms with van der Waals surface area (Å²) >= 11 is 6.13. The van der Waals surface area contributed by atoms with Crippen molar-refractivity contribution in [3.8, 4) is 5.75 Å². The topological polar surface area (TPSA) is 22.9 Å². The summed E-state index contributed by atoms with van der Waals surface area (Å²) in [4.78, 5) is 1.68. The summed E-state index contributed by atoms with van der Waals surface area (Å²) in [5.74, 6) is 0.873. The van der Waals surface area contributed by atoms with Crippen LogP contribution in [0.5, 0.6) is 5.75 Å². The van der Waals surface area contributed by atoms with Gasteiger partial charge in [0.15, 0.2) is 0 Å². The van der Waals surface area contributed by atoms with Crippen molar-refractivity contribution in [2.45, 2.75) is 26.7 Å². The van der Waals surface area contributed by atoms with E-state index in [9.17, 15) is 0 Å². The third kappa shape index (κ3) is 4.65. The highest BCUT2D eigenvalue weighted by Crippen LogP contribution is 2.25. The third-order valence-corrected chi connectivity index (χ3v) is 4.41. The van der Waals surface area contributed by atoms with Crippen molar-refractivity contribution in [3.05, 3.63) is 28.3 Å². The molecule has 1 fully saturated rings.